The van der Waals surface area contributed by atoms with E-state index in [-0.39, 0.29) is 29.5 Å². The van der Waals surface area contributed by atoms with Gasteiger partial charge in [0.25, 0.3) is 10.0 Å². The molecule has 0 unspecified atom stereocenters. The van der Waals surface area contributed by atoms with Crippen molar-refractivity contribution in [3.8, 4) is 5.75 Å². The number of sulfonamides is 1. The van der Waals surface area contributed by atoms with Gasteiger partial charge in [-0.2, -0.15) is 0 Å². The highest BCUT2D eigenvalue weighted by Gasteiger charge is 2.33. The van der Waals surface area contributed by atoms with E-state index in [1.165, 1.54) is 12.1 Å². The number of rotatable bonds is 11. The van der Waals surface area contributed by atoms with Crippen molar-refractivity contribution in [2.75, 3.05) is 24.9 Å². The molecule has 1 aliphatic rings. The highest BCUT2D eigenvalue weighted by atomic mass is 32.2. The van der Waals surface area contributed by atoms with Crippen LogP contribution in [0.2, 0.25) is 0 Å². The summed E-state index contributed by atoms with van der Waals surface area (Å²) >= 11 is 0. The molecule has 0 bridgehead atoms. The fraction of sp³-hybridized carbons (Fsp3) is 0.273. The second-order valence-electron chi connectivity index (χ2n) is 10.7. The van der Waals surface area contributed by atoms with Gasteiger partial charge in [-0.3, -0.25) is 4.72 Å². The molecule has 0 spiro atoms. The van der Waals surface area contributed by atoms with E-state index in [1.54, 1.807) is 66.7 Å². The van der Waals surface area contributed by atoms with Gasteiger partial charge in [0, 0.05) is 30.8 Å². The van der Waals surface area contributed by atoms with E-state index in [1.807, 2.05) is 36.2 Å². The maximum atomic E-state index is 12.8. The Labute approximate surface area is 252 Å². The van der Waals surface area contributed by atoms with Crippen LogP contribution in [0.3, 0.4) is 0 Å². The van der Waals surface area contributed by atoms with Crippen molar-refractivity contribution >= 4 is 15.7 Å². The van der Waals surface area contributed by atoms with Crippen LogP contribution >= 0.6 is 0 Å². The van der Waals surface area contributed by atoms with Crippen molar-refractivity contribution in [1.29, 1.82) is 0 Å². The van der Waals surface area contributed by atoms with E-state index in [0.717, 1.165) is 16.7 Å². The number of nitrogens with zero attached hydrogens (tertiary/aromatic N) is 1. The number of hydrogen-bond acceptors (Lipinski definition) is 8. The SMILES string of the molecule is CN(C[C@H]1C[C@@H](c2ccc(CO)cc2)O[C@@H](c2ccc(NS(=O)(=O)c3ccccc3)cc2)O1)C[C@@H](O)c1cccc(O)c1. The molecule has 5 rings (SSSR count). The molecule has 43 heavy (non-hydrogen) atoms. The number of aromatic hydroxyl groups is 1. The van der Waals surface area contributed by atoms with Gasteiger partial charge in [-0.1, -0.05) is 66.7 Å². The summed E-state index contributed by atoms with van der Waals surface area (Å²) in [5.41, 5.74) is 3.52. The van der Waals surface area contributed by atoms with Gasteiger partial charge in [-0.15, -0.1) is 0 Å². The first-order valence-corrected chi connectivity index (χ1v) is 15.5. The molecule has 4 atom stereocenters. The van der Waals surface area contributed by atoms with Gasteiger partial charge in [-0.05, 0) is 60.1 Å². The van der Waals surface area contributed by atoms with Crippen LogP contribution in [0.5, 0.6) is 5.75 Å². The minimum absolute atomic E-state index is 0.0488. The van der Waals surface area contributed by atoms with Crippen LogP contribution in [0.1, 0.15) is 47.2 Å². The third kappa shape index (κ3) is 7.99. The second-order valence-corrected chi connectivity index (χ2v) is 12.4. The van der Waals surface area contributed by atoms with Crippen molar-refractivity contribution in [3.63, 3.8) is 0 Å². The van der Waals surface area contributed by atoms with Crippen molar-refractivity contribution < 1.29 is 33.2 Å². The van der Waals surface area contributed by atoms with Gasteiger partial charge in [0.1, 0.15) is 5.75 Å². The maximum Gasteiger partial charge on any atom is 0.261 e. The zero-order valence-electron chi connectivity index (χ0n) is 23.8. The van der Waals surface area contributed by atoms with Crippen LogP contribution in [-0.2, 0) is 26.1 Å². The van der Waals surface area contributed by atoms with Gasteiger partial charge in [-0.25, -0.2) is 8.42 Å². The minimum atomic E-state index is -3.73. The molecule has 1 fully saturated rings. The second kappa shape index (κ2) is 13.7. The van der Waals surface area contributed by atoms with E-state index in [2.05, 4.69) is 4.72 Å². The lowest BCUT2D eigenvalue weighted by atomic mass is 9.99. The molecule has 4 aromatic carbocycles. The lowest BCUT2D eigenvalue weighted by Crippen LogP contribution is -2.39. The van der Waals surface area contributed by atoms with E-state index in [0.29, 0.717) is 30.8 Å². The molecule has 226 valence electrons. The number of likely N-dealkylation sites (N-methyl/N-ethyl adjacent to an activating group) is 1. The Morgan fingerprint density at radius 2 is 1.60 bits per heavy atom. The number of phenolic OH excluding ortho intramolecular Hbond substituents is 1. The number of hydrogen-bond donors (Lipinski definition) is 4. The first-order chi connectivity index (χ1) is 20.7. The summed E-state index contributed by atoms with van der Waals surface area (Å²) in [6.45, 7) is 0.795. The van der Waals surface area contributed by atoms with E-state index in [9.17, 15) is 23.7 Å². The summed E-state index contributed by atoms with van der Waals surface area (Å²) in [4.78, 5) is 2.16. The molecule has 0 amide bonds. The minimum Gasteiger partial charge on any atom is -0.508 e. The fourth-order valence-corrected chi connectivity index (χ4v) is 6.19. The fourth-order valence-electron chi connectivity index (χ4n) is 5.11. The van der Waals surface area contributed by atoms with Crippen LogP contribution in [-0.4, -0.2) is 54.9 Å². The lowest BCUT2D eigenvalue weighted by Gasteiger charge is -2.38. The Bertz CT molecular complexity index is 1580. The molecule has 10 heteroatoms. The van der Waals surface area contributed by atoms with Crippen molar-refractivity contribution in [1.82, 2.24) is 4.90 Å². The number of aliphatic hydroxyl groups is 2. The standard InChI is InChI=1S/C33H36N2O7S/c1-35(21-31(38)26-6-5-7-28(37)18-26)20-29-19-32(24-12-10-23(22-36)11-13-24)42-33(41-29)25-14-16-27(17-15-25)34-43(39,40)30-8-3-2-4-9-30/h2-18,29,31-34,36-38H,19-22H2,1H3/t29-,31-,32+,33+/m1/s1. The Morgan fingerprint density at radius 1 is 0.907 bits per heavy atom. The zero-order chi connectivity index (χ0) is 30.4. The Morgan fingerprint density at radius 3 is 2.28 bits per heavy atom. The third-order valence-electron chi connectivity index (χ3n) is 7.36. The number of nitrogens with one attached hydrogen (secondary N) is 1. The third-order valence-corrected chi connectivity index (χ3v) is 8.76. The van der Waals surface area contributed by atoms with Crippen molar-refractivity contribution in [2.24, 2.45) is 0 Å². The highest BCUT2D eigenvalue weighted by molar-refractivity contribution is 7.92. The average Bonchev–Trinajstić information content (AvgIpc) is 3.01. The summed E-state index contributed by atoms with van der Waals surface area (Å²) in [6.07, 6.45) is -1.49. The molecule has 4 aromatic rings. The van der Waals surface area contributed by atoms with E-state index < -0.39 is 22.4 Å². The van der Waals surface area contributed by atoms with Crippen LogP contribution in [0.25, 0.3) is 0 Å². The maximum absolute atomic E-state index is 12.8. The molecule has 1 heterocycles. The van der Waals surface area contributed by atoms with Crippen molar-refractivity contribution in [3.05, 3.63) is 125 Å². The number of anilines is 1. The summed E-state index contributed by atoms with van der Waals surface area (Å²) < 4.78 is 40.9. The number of ether oxygens (including phenoxy) is 2. The Kier molecular flexibility index (Phi) is 9.76. The highest BCUT2D eigenvalue weighted by Crippen LogP contribution is 2.38. The number of aliphatic hydroxyl groups excluding tert-OH is 2. The molecule has 0 aliphatic carbocycles. The molecule has 4 N–H and O–H groups in total. The van der Waals surface area contributed by atoms with Crippen LogP contribution in [0.4, 0.5) is 5.69 Å². The molecule has 0 saturated carbocycles. The molecule has 1 aliphatic heterocycles. The summed E-state index contributed by atoms with van der Waals surface area (Å²) in [7, 11) is -1.83. The molecule has 0 radical (unpaired) electrons. The molecular weight excluding hydrogens is 568 g/mol. The quantitative estimate of drug-likeness (QED) is 0.190. The normalized spacial score (nSPS) is 19.7. The number of benzene rings is 4. The van der Waals surface area contributed by atoms with Gasteiger partial charge in [0.2, 0.25) is 0 Å². The largest absolute Gasteiger partial charge is 0.508 e. The smallest absolute Gasteiger partial charge is 0.261 e. The number of phenols is 1. The summed E-state index contributed by atoms with van der Waals surface area (Å²) in [5, 5.41) is 30.0. The predicted molar refractivity (Wildman–Crippen MR) is 163 cm³/mol. The monoisotopic (exact) mass is 604 g/mol. The lowest BCUT2D eigenvalue weighted by molar-refractivity contribution is -0.252. The van der Waals surface area contributed by atoms with Gasteiger partial charge >= 0.3 is 0 Å². The molecular formula is C33H36N2O7S. The van der Waals surface area contributed by atoms with Gasteiger partial charge in [0.05, 0.1) is 29.8 Å². The Balaban J connectivity index is 1.31. The topological polar surface area (TPSA) is 129 Å². The zero-order valence-corrected chi connectivity index (χ0v) is 24.6. The molecule has 0 aromatic heterocycles. The molecule has 1 saturated heterocycles. The summed E-state index contributed by atoms with van der Waals surface area (Å²) in [6, 6.07) is 29.3. The van der Waals surface area contributed by atoms with E-state index >= 15 is 0 Å². The molecule has 9 nitrogen and oxygen atoms in total. The predicted octanol–water partition coefficient (Wildman–Crippen LogP) is 4.90. The first-order valence-electron chi connectivity index (χ1n) is 14.0. The van der Waals surface area contributed by atoms with Crippen LogP contribution in [0, 0.1) is 0 Å². The first kappa shape index (κ1) is 30.7. The Hall–Kier alpha value is -3.77. The summed E-state index contributed by atoms with van der Waals surface area (Å²) in [5.74, 6) is 0.101. The average molecular weight is 605 g/mol. The van der Waals surface area contributed by atoms with Gasteiger partial charge < -0.3 is 29.7 Å². The van der Waals surface area contributed by atoms with Crippen LogP contribution < -0.4 is 4.72 Å². The van der Waals surface area contributed by atoms with Crippen LogP contribution in [0.15, 0.2) is 108 Å². The van der Waals surface area contributed by atoms with Gasteiger partial charge in [0.15, 0.2) is 6.29 Å². The van der Waals surface area contributed by atoms with E-state index in [4.69, 9.17) is 9.47 Å². The van der Waals surface area contributed by atoms with Crippen molar-refractivity contribution in [2.45, 2.75) is 42.5 Å².